The number of cyclic esters (lactones) is 1. The van der Waals surface area contributed by atoms with Gasteiger partial charge in [-0.15, -0.1) is 0 Å². The van der Waals surface area contributed by atoms with Crippen LogP contribution in [0.2, 0.25) is 0 Å². The third-order valence-electron chi connectivity index (χ3n) is 6.53. The minimum absolute atomic E-state index is 0.277. The van der Waals surface area contributed by atoms with Gasteiger partial charge < -0.3 is 9.84 Å². The Morgan fingerprint density at radius 2 is 2.12 bits per heavy atom. The molecule has 9 heteroatoms. The van der Waals surface area contributed by atoms with E-state index in [1.807, 2.05) is 31.3 Å². The van der Waals surface area contributed by atoms with Gasteiger partial charge in [0.25, 0.3) is 5.95 Å². The van der Waals surface area contributed by atoms with E-state index < -0.39 is 6.10 Å². The van der Waals surface area contributed by atoms with Crippen LogP contribution in [0, 0.1) is 6.92 Å². The summed E-state index contributed by atoms with van der Waals surface area (Å²) < 4.78 is 6.85. The van der Waals surface area contributed by atoms with E-state index in [-0.39, 0.29) is 12.6 Å². The Labute approximate surface area is 189 Å². The number of rotatable bonds is 4. The molecule has 0 saturated heterocycles. The molecule has 9 nitrogen and oxygen atoms in total. The molecular formula is C24H22N6O3. The van der Waals surface area contributed by atoms with Crippen molar-refractivity contribution in [2.24, 2.45) is 0 Å². The maximum absolute atomic E-state index is 11.8. The lowest BCUT2D eigenvalue weighted by Gasteiger charge is -2.30. The van der Waals surface area contributed by atoms with Crippen molar-refractivity contribution >= 4 is 17.0 Å². The number of nitrogens with zero attached hydrogens (tertiary/aromatic N) is 6. The van der Waals surface area contributed by atoms with Crippen LogP contribution in [-0.4, -0.2) is 53.8 Å². The van der Waals surface area contributed by atoms with Gasteiger partial charge in [-0.2, -0.15) is 9.78 Å². The summed E-state index contributed by atoms with van der Waals surface area (Å²) in [5, 5.41) is 15.3. The number of fused-ring (bicyclic) bond motifs is 3. The maximum Gasteiger partial charge on any atom is 0.338 e. The topological polar surface area (TPSA) is 106 Å². The van der Waals surface area contributed by atoms with Gasteiger partial charge in [0.15, 0.2) is 0 Å². The second-order valence-corrected chi connectivity index (χ2v) is 8.49. The number of carbonyl (C=O) groups excluding carboxylic acids is 1. The number of pyridine rings is 1. The third-order valence-corrected chi connectivity index (χ3v) is 6.53. The van der Waals surface area contributed by atoms with Gasteiger partial charge in [0.1, 0.15) is 12.1 Å². The molecular weight excluding hydrogens is 420 g/mol. The Balaban J connectivity index is 1.20. The minimum Gasteiger partial charge on any atom is -0.457 e. The number of hydrogen-bond donors (Lipinski definition) is 1. The highest BCUT2D eigenvalue weighted by molar-refractivity contribution is 5.94. The summed E-state index contributed by atoms with van der Waals surface area (Å²) in [5.41, 5.74) is 6.97. The molecule has 33 heavy (non-hydrogen) atoms. The predicted octanol–water partition coefficient (Wildman–Crippen LogP) is 2.28. The van der Waals surface area contributed by atoms with Gasteiger partial charge in [0.05, 0.1) is 29.1 Å². The zero-order valence-corrected chi connectivity index (χ0v) is 18.1. The molecule has 0 bridgehead atoms. The zero-order chi connectivity index (χ0) is 22.5. The van der Waals surface area contributed by atoms with Gasteiger partial charge >= 0.3 is 5.97 Å². The second-order valence-electron chi connectivity index (χ2n) is 8.49. The normalized spacial score (nSPS) is 16.5. The fraction of sp³-hybridized carbons (Fsp3) is 0.292. The van der Waals surface area contributed by atoms with Gasteiger partial charge in [-0.05, 0) is 36.2 Å². The van der Waals surface area contributed by atoms with Crippen molar-refractivity contribution in [2.75, 3.05) is 13.1 Å². The number of β-amino-alcohol motifs (C(OH)–C–C–N with tert-alkyl or cyclic N) is 1. The highest BCUT2D eigenvalue weighted by atomic mass is 16.5. The van der Waals surface area contributed by atoms with Crippen molar-refractivity contribution < 1.29 is 14.6 Å². The highest BCUT2D eigenvalue weighted by Gasteiger charge is 2.27. The van der Waals surface area contributed by atoms with Gasteiger partial charge in [-0.3, -0.25) is 9.88 Å². The molecule has 0 amide bonds. The smallest absolute Gasteiger partial charge is 0.338 e. The first-order valence-corrected chi connectivity index (χ1v) is 10.9. The second kappa shape index (κ2) is 7.72. The number of aliphatic hydroxyl groups is 1. The lowest BCUT2D eigenvalue weighted by Crippen LogP contribution is -2.35. The average molecular weight is 442 g/mol. The molecule has 1 aromatic carbocycles. The molecule has 2 aliphatic rings. The Bertz CT molecular complexity index is 1400. The molecule has 6 rings (SSSR count). The number of esters is 1. The van der Waals surface area contributed by atoms with Crippen LogP contribution in [0.1, 0.15) is 44.4 Å². The standard InChI is InChI=1S/C24H22N6O3/c1-14-16(4-5-17-18(14)13-33-23(17)32)22(31)12-29-8-6-19-15(11-29)9-26-24(28-19)30-21-3-2-7-25-20(21)10-27-30/h2-5,7,9-10,22,31H,6,8,11-13H2,1H3. The van der Waals surface area contributed by atoms with Crippen molar-refractivity contribution in [3.05, 3.63) is 76.4 Å². The van der Waals surface area contributed by atoms with Crippen LogP contribution < -0.4 is 0 Å². The highest BCUT2D eigenvalue weighted by Crippen LogP contribution is 2.30. The van der Waals surface area contributed by atoms with Gasteiger partial charge in [0.2, 0.25) is 0 Å². The molecule has 0 spiro atoms. The predicted molar refractivity (Wildman–Crippen MR) is 119 cm³/mol. The van der Waals surface area contributed by atoms with Crippen molar-refractivity contribution in [1.82, 2.24) is 29.6 Å². The fourth-order valence-corrected chi connectivity index (χ4v) is 4.72. The molecule has 0 fully saturated rings. The maximum atomic E-state index is 11.8. The van der Waals surface area contributed by atoms with E-state index in [2.05, 4.69) is 20.0 Å². The first-order valence-electron chi connectivity index (χ1n) is 10.9. The van der Waals surface area contributed by atoms with Gasteiger partial charge in [-0.1, -0.05) is 6.07 Å². The van der Waals surface area contributed by atoms with E-state index in [0.29, 0.717) is 24.6 Å². The van der Waals surface area contributed by atoms with Crippen molar-refractivity contribution in [3.8, 4) is 5.95 Å². The molecule has 2 aliphatic heterocycles. The van der Waals surface area contributed by atoms with Crippen LogP contribution in [0.25, 0.3) is 17.0 Å². The molecule has 4 aromatic rings. The van der Waals surface area contributed by atoms with Crippen molar-refractivity contribution in [2.45, 2.75) is 32.6 Å². The number of benzene rings is 1. The van der Waals surface area contributed by atoms with Crippen LogP contribution in [0.4, 0.5) is 0 Å². The molecule has 1 atom stereocenters. The van der Waals surface area contributed by atoms with Crippen LogP contribution in [-0.2, 0) is 24.3 Å². The molecule has 0 radical (unpaired) electrons. The minimum atomic E-state index is -0.657. The van der Waals surface area contributed by atoms with Crippen LogP contribution in [0.3, 0.4) is 0 Å². The Kier molecular flexibility index (Phi) is 4.67. The lowest BCUT2D eigenvalue weighted by molar-refractivity contribution is 0.0535. The first kappa shape index (κ1) is 20.0. The molecule has 1 N–H and O–H groups in total. The van der Waals surface area contributed by atoms with E-state index in [4.69, 9.17) is 9.72 Å². The van der Waals surface area contributed by atoms with E-state index in [0.717, 1.165) is 51.9 Å². The number of carbonyl (C=O) groups is 1. The Morgan fingerprint density at radius 1 is 1.21 bits per heavy atom. The number of hydrogen-bond acceptors (Lipinski definition) is 8. The summed E-state index contributed by atoms with van der Waals surface area (Å²) >= 11 is 0. The van der Waals surface area contributed by atoms with Crippen LogP contribution in [0.15, 0.2) is 42.9 Å². The summed E-state index contributed by atoms with van der Waals surface area (Å²) in [6, 6.07) is 7.41. The van der Waals surface area contributed by atoms with Crippen molar-refractivity contribution in [3.63, 3.8) is 0 Å². The number of aromatic nitrogens is 5. The van der Waals surface area contributed by atoms with E-state index in [9.17, 15) is 9.90 Å². The summed E-state index contributed by atoms with van der Waals surface area (Å²) in [5.74, 6) is 0.247. The quantitative estimate of drug-likeness (QED) is 0.480. The summed E-state index contributed by atoms with van der Waals surface area (Å²) in [4.78, 5) is 27.6. The van der Waals surface area contributed by atoms with Gasteiger partial charge in [-0.25, -0.2) is 14.8 Å². The summed E-state index contributed by atoms with van der Waals surface area (Å²) in [7, 11) is 0. The largest absolute Gasteiger partial charge is 0.457 e. The SMILES string of the molecule is Cc1c(C(O)CN2CCc3nc(-n4ncc5ncccc54)ncc3C2)ccc2c1COC2=O. The molecule has 3 aromatic heterocycles. The molecule has 5 heterocycles. The van der Waals surface area contributed by atoms with Crippen LogP contribution >= 0.6 is 0 Å². The van der Waals surface area contributed by atoms with Gasteiger partial charge in [0, 0.05) is 49.6 Å². The molecule has 0 saturated carbocycles. The monoisotopic (exact) mass is 442 g/mol. The van der Waals surface area contributed by atoms with E-state index >= 15 is 0 Å². The molecule has 166 valence electrons. The Morgan fingerprint density at radius 3 is 3.03 bits per heavy atom. The van der Waals surface area contributed by atoms with E-state index in [1.54, 1.807) is 23.1 Å². The lowest BCUT2D eigenvalue weighted by atomic mass is 9.95. The fourth-order valence-electron chi connectivity index (χ4n) is 4.72. The Hall–Kier alpha value is -3.69. The number of ether oxygens (including phenoxy) is 1. The zero-order valence-electron chi connectivity index (χ0n) is 18.1. The third kappa shape index (κ3) is 3.37. The van der Waals surface area contributed by atoms with E-state index in [1.165, 1.54) is 0 Å². The first-order chi connectivity index (χ1) is 16.1. The summed E-state index contributed by atoms with van der Waals surface area (Å²) in [6.45, 7) is 4.16. The number of aliphatic hydroxyl groups excluding tert-OH is 1. The van der Waals surface area contributed by atoms with Crippen molar-refractivity contribution in [1.29, 1.82) is 0 Å². The molecule has 0 aliphatic carbocycles. The average Bonchev–Trinajstić information content (AvgIpc) is 3.43. The summed E-state index contributed by atoms with van der Waals surface area (Å²) in [6.07, 6.45) is 5.41. The van der Waals surface area contributed by atoms with Crippen LogP contribution in [0.5, 0.6) is 0 Å². The molecule has 1 unspecified atom stereocenters.